The normalized spacial score (nSPS) is 9.85. The highest BCUT2D eigenvalue weighted by Crippen LogP contribution is 2.25. The molecule has 0 fully saturated rings. The maximum absolute atomic E-state index is 11.4. The van der Waals surface area contributed by atoms with Gasteiger partial charge in [0, 0.05) is 11.3 Å². The van der Waals surface area contributed by atoms with Crippen molar-refractivity contribution in [3.05, 3.63) is 41.7 Å². The van der Waals surface area contributed by atoms with Gasteiger partial charge in [-0.3, -0.25) is 4.79 Å². The molecule has 5 nitrogen and oxygen atoms in total. The van der Waals surface area contributed by atoms with Gasteiger partial charge in [-0.25, -0.2) is 9.97 Å². The van der Waals surface area contributed by atoms with Gasteiger partial charge < -0.3 is 5.32 Å². The number of Topliss-reactive ketones (excluding diaryl/α,β-unsaturated/α-hetero) is 1. The summed E-state index contributed by atoms with van der Waals surface area (Å²) in [5, 5.41) is 12.9. The second kappa shape index (κ2) is 6.17. The summed E-state index contributed by atoms with van der Waals surface area (Å²) in [6.45, 7) is 1.51. The van der Waals surface area contributed by atoms with Crippen LogP contribution in [0.5, 0.6) is 0 Å². The van der Waals surface area contributed by atoms with Crippen molar-refractivity contribution in [1.29, 1.82) is 5.26 Å². The number of nitriles is 1. The average molecular weight is 284 g/mol. The van der Waals surface area contributed by atoms with Crippen molar-refractivity contribution in [3.63, 3.8) is 0 Å². The van der Waals surface area contributed by atoms with Crippen LogP contribution in [0.3, 0.4) is 0 Å². The van der Waals surface area contributed by atoms with Crippen molar-refractivity contribution in [2.45, 2.75) is 11.9 Å². The van der Waals surface area contributed by atoms with Gasteiger partial charge in [0.15, 0.2) is 11.6 Å². The molecule has 0 radical (unpaired) electrons. The number of nitrogens with zero attached hydrogens (tertiary/aromatic N) is 3. The van der Waals surface area contributed by atoms with E-state index >= 15 is 0 Å². The zero-order chi connectivity index (χ0) is 14.5. The molecule has 0 unspecified atom stereocenters. The lowest BCUT2D eigenvalue weighted by atomic mass is 10.1. The van der Waals surface area contributed by atoms with E-state index in [-0.39, 0.29) is 5.78 Å². The summed E-state index contributed by atoms with van der Waals surface area (Å²) >= 11 is 1.39. The number of carbonyl (C=O) groups excluding carboxylic acids is 1. The van der Waals surface area contributed by atoms with Crippen LogP contribution < -0.4 is 5.32 Å². The molecular weight excluding hydrogens is 272 g/mol. The molecule has 0 atom stereocenters. The van der Waals surface area contributed by atoms with Gasteiger partial charge in [-0.2, -0.15) is 5.26 Å². The quantitative estimate of drug-likeness (QED) is 0.528. The highest BCUT2D eigenvalue weighted by Gasteiger charge is 2.11. The monoisotopic (exact) mass is 284 g/mol. The molecule has 0 aliphatic heterocycles. The van der Waals surface area contributed by atoms with Gasteiger partial charge in [-0.05, 0) is 25.3 Å². The minimum Gasteiger partial charge on any atom is -0.339 e. The Morgan fingerprint density at radius 1 is 1.40 bits per heavy atom. The molecule has 2 rings (SSSR count). The van der Waals surface area contributed by atoms with Crippen molar-refractivity contribution in [2.75, 3.05) is 11.6 Å². The van der Waals surface area contributed by atoms with Crippen molar-refractivity contribution in [3.8, 4) is 6.07 Å². The number of nitrogens with one attached hydrogen (secondary N) is 1. The third-order valence-corrected chi connectivity index (χ3v) is 3.35. The van der Waals surface area contributed by atoms with E-state index in [4.69, 9.17) is 0 Å². The summed E-state index contributed by atoms with van der Waals surface area (Å²) in [6, 6.07) is 9.16. The van der Waals surface area contributed by atoms with Crippen LogP contribution in [0.15, 0.2) is 35.6 Å². The third-order valence-electron chi connectivity index (χ3n) is 2.65. The maximum Gasteiger partial charge on any atom is 0.159 e. The van der Waals surface area contributed by atoms with Crippen molar-refractivity contribution >= 4 is 29.1 Å². The molecule has 1 aromatic heterocycles. The molecule has 0 amide bonds. The first-order chi connectivity index (χ1) is 9.65. The van der Waals surface area contributed by atoms with Crippen LogP contribution in [-0.4, -0.2) is 22.0 Å². The molecule has 100 valence electrons. The fourth-order valence-electron chi connectivity index (χ4n) is 1.67. The topological polar surface area (TPSA) is 78.7 Å². The van der Waals surface area contributed by atoms with Crippen LogP contribution in [0.4, 0.5) is 11.5 Å². The molecule has 0 spiro atoms. The fourth-order valence-corrected chi connectivity index (χ4v) is 2.17. The largest absolute Gasteiger partial charge is 0.339 e. The minimum absolute atomic E-state index is 0.0124. The minimum atomic E-state index is -0.0124. The molecule has 0 aliphatic carbocycles. The summed E-state index contributed by atoms with van der Waals surface area (Å²) in [5.74, 6) is 0.425. The molecule has 2 aromatic rings. The highest BCUT2D eigenvalue weighted by atomic mass is 32.2. The summed E-state index contributed by atoms with van der Waals surface area (Å²) < 4.78 is 0. The molecule has 20 heavy (non-hydrogen) atoms. The first-order valence-electron chi connectivity index (χ1n) is 5.83. The Bertz CT molecular complexity index is 694. The van der Waals surface area contributed by atoms with E-state index in [1.54, 1.807) is 18.2 Å². The zero-order valence-electron chi connectivity index (χ0n) is 11.0. The highest BCUT2D eigenvalue weighted by molar-refractivity contribution is 7.98. The standard InChI is InChI=1S/C14H12N4OS/c1-9(19)10-4-3-5-11(6-10)18-13-12(7-15)14(20-2)17-8-16-13/h3-6,8H,1-2H3,(H,16,17,18). The van der Waals surface area contributed by atoms with Crippen LogP contribution in [0.1, 0.15) is 22.8 Å². The van der Waals surface area contributed by atoms with Crippen LogP contribution in [0.25, 0.3) is 0 Å². The fraction of sp³-hybridized carbons (Fsp3) is 0.143. The lowest BCUT2D eigenvalue weighted by Gasteiger charge is -2.09. The number of rotatable bonds is 4. The van der Waals surface area contributed by atoms with Crippen LogP contribution in [0, 0.1) is 11.3 Å². The molecule has 0 bridgehead atoms. The number of hydrogen-bond donors (Lipinski definition) is 1. The molecule has 1 heterocycles. The third kappa shape index (κ3) is 2.95. The SMILES string of the molecule is CSc1ncnc(Nc2cccc(C(C)=O)c2)c1C#N. The van der Waals surface area contributed by atoms with E-state index in [0.29, 0.717) is 27.7 Å². The van der Waals surface area contributed by atoms with E-state index < -0.39 is 0 Å². The number of ketones is 1. The molecule has 0 saturated heterocycles. The van der Waals surface area contributed by atoms with Crippen LogP contribution in [-0.2, 0) is 0 Å². The predicted octanol–water partition coefficient (Wildman–Crippen LogP) is 3.02. The van der Waals surface area contributed by atoms with Crippen LogP contribution >= 0.6 is 11.8 Å². The van der Waals surface area contributed by atoms with Gasteiger partial charge in [-0.1, -0.05) is 12.1 Å². The number of thioether (sulfide) groups is 1. The molecule has 1 N–H and O–H groups in total. The van der Waals surface area contributed by atoms with E-state index in [1.807, 2.05) is 12.3 Å². The zero-order valence-corrected chi connectivity index (χ0v) is 11.9. The summed E-state index contributed by atoms with van der Waals surface area (Å²) in [6.07, 6.45) is 3.26. The summed E-state index contributed by atoms with van der Waals surface area (Å²) in [4.78, 5) is 19.5. The number of carbonyl (C=O) groups is 1. The Morgan fingerprint density at radius 2 is 2.20 bits per heavy atom. The van der Waals surface area contributed by atoms with E-state index in [0.717, 1.165) is 0 Å². The molecule has 0 aliphatic rings. The van der Waals surface area contributed by atoms with Gasteiger partial charge >= 0.3 is 0 Å². The van der Waals surface area contributed by atoms with Crippen molar-refractivity contribution in [2.24, 2.45) is 0 Å². The molecular formula is C14H12N4OS. The second-order valence-electron chi connectivity index (χ2n) is 3.98. The molecule has 6 heteroatoms. The number of hydrogen-bond acceptors (Lipinski definition) is 6. The van der Waals surface area contributed by atoms with Crippen molar-refractivity contribution < 1.29 is 4.79 Å². The Labute approximate surface area is 121 Å². The van der Waals surface area contributed by atoms with Gasteiger partial charge in [-0.15, -0.1) is 11.8 Å². The molecule has 1 aromatic carbocycles. The number of aromatic nitrogens is 2. The maximum atomic E-state index is 11.4. The Morgan fingerprint density at radius 3 is 2.85 bits per heavy atom. The summed E-state index contributed by atoms with van der Waals surface area (Å²) in [5.41, 5.74) is 1.71. The van der Waals surface area contributed by atoms with Crippen molar-refractivity contribution in [1.82, 2.24) is 9.97 Å². The van der Waals surface area contributed by atoms with Gasteiger partial charge in [0.2, 0.25) is 0 Å². The van der Waals surface area contributed by atoms with E-state index in [2.05, 4.69) is 21.4 Å². The first kappa shape index (κ1) is 14.0. The second-order valence-corrected chi connectivity index (χ2v) is 4.78. The predicted molar refractivity (Wildman–Crippen MR) is 78.3 cm³/mol. The van der Waals surface area contributed by atoms with Gasteiger partial charge in [0.05, 0.1) is 0 Å². The molecule has 0 saturated carbocycles. The Balaban J connectivity index is 2.38. The number of benzene rings is 1. The van der Waals surface area contributed by atoms with E-state index in [9.17, 15) is 10.1 Å². The lowest BCUT2D eigenvalue weighted by molar-refractivity contribution is 0.101. The number of anilines is 2. The van der Waals surface area contributed by atoms with E-state index in [1.165, 1.54) is 25.0 Å². The lowest BCUT2D eigenvalue weighted by Crippen LogP contribution is -2.01. The Kier molecular flexibility index (Phi) is 4.33. The van der Waals surface area contributed by atoms with Gasteiger partial charge in [0.1, 0.15) is 23.0 Å². The smallest absolute Gasteiger partial charge is 0.159 e. The van der Waals surface area contributed by atoms with Gasteiger partial charge in [0.25, 0.3) is 0 Å². The van der Waals surface area contributed by atoms with Crippen LogP contribution in [0.2, 0.25) is 0 Å². The average Bonchev–Trinajstić information content (AvgIpc) is 2.47. The Hall–Kier alpha value is -2.39. The summed E-state index contributed by atoms with van der Waals surface area (Å²) in [7, 11) is 0. The first-order valence-corrected chi connectivity index (χ1v) is 7.05.